The van der Waals surface area contributed by atoms with Crippen LogP contribution >= 0.6 is 0 Å². The molecule has 0 saturated heterocycles. The Balaban J connectivity index is 0.00000121. The van der Waals surface area contributed by atoms with Crippen molar-refractivity contribution in [2.45, 2.75) is 13.0 Å². The van der Waals surface area contributed by atoms with Gasteiger partial charge in [-0.25, -0.2) is 0 Å². The summed E-state index contributed by atoms with van der Waals surface area (Å²) in [5, 5.41) is 3.23. The van der Waals surface area contributed by atoms with E-state index in [1.807, 2.05) is 18.2 Å². The summed E-state index contributed by atoms with van der Waals surface area (Å²) in [7, 11) is 0. The smallest absolute Gasteiger partial charge is 0.342 e. The minimum Gasteiger partial charge on any atom is -0.342 e. The fraction of sp³-hybridized carbons (Fsp3) is 0.333. The molecule has 0 amide bonds. The van der Waals surface area contributed by atoms with Crippen LogP contribution in [0.2, 0.25) is 0 Å². The summed E-state index contributed by atoms with van der Waals surface area (Å²) in [5.74, 6) is 0. The second kappa shape index (κ2) is 7.84. The second-order valence-corrected chi connectivity index (χ2v) is 2.35. The van der Waals surface area contributed by atoms with E-state index in [1.165, 1.54) is 0 Å². The number of nitrogens with one attached hydrogen (secondary N) is 1. The average molecular weight is 238 g/mol. The molecule has 0 aliphatic heterocycles. The van der Waals surface area contributed by atoms with Crippen molar-refractivity contribution in [3.05, 3.63) is 37.0 Å². The molecule has 12 heavy (non-hydrogen) atoms. The van der Waals surface area contributed by atoms with Crippen LogP contribution in [0.3, 0.4) is 0 Å². The topological polar surface area (TPSA) is 24.9 Å². The summed E-state index contributed by atoms with van der Waals surface area (Å²) in [4.78, 5) is 4.17. The van der Waals surface area contributed by atoms with Crippen molar-refractivity contribution in [2.75, 3.05) is 6.54 Å². The maximum Gasteiger partial charge on any atom is 3.00 e. The Morgan fingerprint density at radius 2 is 2.25 bits per heavy atom. The van der Waals surface area contributed by atoms with E-state index in [0.29, 0.717) is 0 Å². The van der Waals surface area contributed by atoms with Gasteiger partial charge in [0.25, 0.3) is 0 Å². The third-order valence-corrected chi connectivity index (χ3v) is 1.39. The van der Waals surface area contributed by atoms with Crippen molar-refractivity contribution < 1.29 is 32.7 Å². The van der Waals surface area contributed by atoms with Gasteiger partial charge in [-0.05, 0) is 18.7 Å². The third kappa shape index (κ3) is 4.97. The minimum absolute atomic E-state index is 0. The van der Waals surface area contributed by atoms with E-state index in [1.54, 1.807) is 6.20 Å². The molecule has 3 heteroatoms. The van der Waals surface area contributed by atoms with Crippen LogP contribution in [0.5, 0.6) is 0 Å². The van der Waals surface area contributed by atoms with Gasteiger partial charge in [-0.15, -0.1) is 0 Å². The van der Waals surface area contributed by atoms with Crippen LogP contribution in [0.1, 0.15) is 12.1 Å². The zero-order valence-electron chi connectivity index (χ0n) is 7.16. The number of hydrogen-bond acceptors (Lipinski definition) is 2. The van der Waals surface area contributed by atoms with Gasteiger partial charge in [0.15, 0.2) is 0 Å². The molecule has 0 spiro atoms. The van der Waals surface area contributed by atoms with Gasteiger partial charge in [0, 0.05) is 12.7 Å². The molecule has 1 heterocycles. The van der Waals surface area contributed by atoms with Crippen LogP contribution in [-0.4, -0.2) is 11.5 Å². The number of nitrogens with zero attached hydrogens (tertiary/aromatic N) is 1. The maximum atomic E-state index is 4.17. The number of pyridine rings is 1. The van der Waals surface area contributed by atoms with Gasteiger partial charge in [-0.1, -0.05) is 6.07 Å². The number of rotatable bonds is 4. The van der Waals surface area contributed by atoms with Crippen molar-refractivity contribution in [3.8, 4) is 0 Å². The van der Waals surface area contributed by atoms with Crippen LogP contribution < -0.4 is 5.32 Å². The molecule has 1 aromatic rings. The summed E-state index contributed by atoms with van der Waals surface area (Å²) in [6.07, 6.45) is 2.73. The van der Waals surface area contributed by atoms with Gasteiger partial charge in [0.1, 0.15) is 0 Å². The summed E-state index contributed by atoms with van der Waals surface area (Å²) in [5.41, 5.74) is 1.08. The van der Waals surface area contributed by atoms with E-state index in [2.05, 4.69) is 17.2 Å². The zero-order valence-corrected chi connectivity index (χ0v) is 10.0. The Bertz CT molecular complexity index is 189. The molecule has 1 aromatic heterocycles. The Kier molecular flexibility index (Phi) is 7.98. The van der Waals surface area contributed by atoms with Crippen LogP contribution in [0.15, 0.2) is 24.4 Å². The van der Waals surface area contributed by atoms with Crippen molar-refractivity contribution in [2.24, 2.45) is 0 Å². The predicted octanol–water partition coefficient (Wildman–Crippen LogP) is 1.39. The molecule has 0 aromatic carbocycles. The third-order valence-electron chi connectivity index (χ3n) is 1.39. The first-order chi connectivity index (χ1) is 5.43. The molecule has 0 unspecified atom stereocenters. The van der Waals surface area contributed by atoms with Gasteiger partial charge >= 0.3 is 32.7 Å². The summed E-state index contributed by atoms with van der Waals surface area (Å²) < 4.78 is 0. The van der Waals surface area contributed by atoms with Gasteiger partial charge in [-0.2, -0.15) is 6.42 Å². The van der Waals surface area contributed by atoms with Gasteiger partial charge in [0.05, 0.1) is 5.69 Å². The summed E-state index contributed by atoms with van der Waals surface area (Å²) in [6, 6.07) is 5.93. The summed E-state index contributed by atoms with van der Waals surface area (Å²) in [6.45, 7) is 5.53. The monoisotopic (exact) mass is 238 g/mol. The minimum atomic E-state index is 0. The molecule has 0 aliphatic rings. The maximum absolute atomic E-state index is 4.17. The standard InChI is InChI=1S/C9H13N2.Y/c1-2-6-10-8-9-5-3-4-7-11-9;/h3-5,7,10H,1-2,6,8H2;/q-1;+3. The predicted molar refractivity (Wildman–Crippen MR) is 45.9 cm³/mol. The molecule has 1 rings (SSSR count). The molecular weight excluding hydrogens is 225 g/mol. The van der Waals surface area contributed by atoms with E-state index in [0.717, 1.165) is 25.2 Å². The van der Waals surface area contributed by atoms with Crippen LogP contribution in [0.4, 0.5) is 0 Å². The Morgan fingerprint density at radius 3 is 2.83 bits per heavy atom. The first-order valence-corrected chi connectivity index (χ1v) is 3.83. The van der Waals surface area contributed by atoms with Gasteiger partial charge < -0.3 is 12.2 Å². The number of hydrogen-bond donors (Lipinski definition) is 1. The Labute approximate surface area is 99.0 Å². The molecule has 0 radical (unpaired) electrons. The molecular formula is C9H13N2Y+2. The fourth-order valence-electron chi connectivity index (χ4n) is 0.844. The molecule has 0 saturated carbocycles. The van der Waals surface area contributed by atoms with E-state index in [9.17, 15) is 0 Å². The van der Waals surface area contributed by atoms with Gasteiger partial charge in [0.2, 0.25) is 0 Å². The van der Waals surface area contributed by atoms with Crippen molar-refractivity contribution >= 4 is 0 Å². The van der Waals surface area contributed by atoms with Gasteiger partial charge in [-0.3, -0.25) is 4.98 Å². The molecule has 1 N–H and O–H groups in total. The Morgan fingerprint density at radius 1 is 1.42 bits per heavy atom. The van der Waals surface area contributed by atoms with E-state index < -0.39 is 0 Å². The molecule has 0 atom stereocenters. The second-order valence-electron chi connectivity index (χ2n) is 2.35. The first kappa shape index (κ1) is 12.2. The molecule has 60 valence electrons. The van der Waals surface area contributed by atoms with Crippen molar-refractivity contribution in [1.82, 2.24) is 10.3 Å². The van der Waals surface area contributed by atoms with E-state index in [4.69, 9.17) is 0 Å². The largest absolute Gasteiger partial charge is 3.00 e. The van der Waals surface area contributed by atoms with Crippen LogP contribution in [-0.2, 0) is 39.3 Å². The first-order valence-electron chi connectivity index (χ1n) is 3.83. The average Bonchev–Trinajstić information content (AvgIpc) is 2.07. The molecule has 0 bridgehead atoms. The van der Waals surface area contributed by atoms with Crippen LogP contribution in [0.25, 0.3) is 0 Å². The quantitative estimate of drug-likeness (QED) is 0.633. The Hall–Kier alpha value is 0.214. The number of aromatic nitrogens is 1. The zero-order chi connectivity index (χ0) is 7.94. The molecule has 0 aliphatic carbocycles. The van der Waals surface area contributed by atoms with E-state index in [-0.39, 0.29) is 32.7 Å². The molecule has 2 nitrogen and oxygen atoms in total. The van der Waals surface area contributed by atoms with E-state index >= 15 is 0 Å². The van der Waals surface area contributed by atoms with Crippen LogP contribution in [0, 0.1) is 6.92 Å². The SMILES string of the molecule is [CH2-]CCNCc1ccccn1.[Y+3]. The van der Waals surface area contributed by atoms with Crippen molar-refractivity contribution in [1.29, 1.82) is 0 Å². The molecule has 0 fully saturated rings. The normalized spacial score (nSPS) is 9.08. The fourth-order valence-corrected chi connectivity index (χ4v) is 0.844. The van der Waals surface area contributed by atoms with Crippen molar-refractivity contribution in [3.63, 3.8) is 0 Å². The summed E-state index contributed by atoms with van der Waals surface area (Å²) >= 11 is 0.